The zero-order chi connectivity index (χ0) is 15.2. The number of hydrogen-bond acceptors (Lipinski definition) is 6. The SMILES string of the molecule is CCOC(=O)CC1CCN(c2nc(Br)ccc2N=O)CC1. The van der Waals surface area contributed by atoms with Crippen molar-refractivity contribution in [1.82, 2.24) is 4.98 Å². The summed E-state index contributed by atoms with van der Waals surface area (Å²) in [6, 6.07) is 3.36. The summed E-state index contributed by atoms with van der Waals surface area (Å²) in [7, 11) is 0. The van der Waals surface area contributed by atoms with Gasteiger partial charge in [0, 0.05) is 19.5 Å². The van der Waals surface area contributed by atoms with Crippen molar-refractivity contribution in [3.63, 3.8) is 0 Å². The van der Waals surface area contributed by atoms with Crippen LogP contribution in [0.5, 0.6) is 0 Å². The minimum absolute atomic E-state index is 0.133. The maximum atomic E-state index is 11.5. The van der Waals surface area contributed by atoms with Crippen molar-refractivity contribution in [1.29, 1.82) is 0 Å². The largest absolute Gasteiger partial charge is 0.466 e. The number of aromatic nitrogens is 1. The lowest BCUT2D eigenvalue weighted by atomic mass is 9.93. The third-order valence-electron chi connectivity index (χ3n) is 3.59. The molecule has 2 rings (SSSR count). The molecule has 2 heterocycles. The highest BCUT2D eigenvalue weighted by Gasteiger charge is 2.24. The van der Waals surface area contributed by atoms with Gasteiger partial charge in [-0.1, -0.05) is 0 Å². The van der Waals surface area contributed by atoms with Gasteiger partial charge in [0.2, 0.25) is 0 Å². The van der Waals surface area contributed by atoms with Gasteiger partial charge in [-0.15, -0.1) is 4.91 Å². The van der Waals surface area contributed by atoms with E-state index in [-0.39, 0.29) is 5.97 Å². The second-order valence-electron chi connectivity index (χ2n) is 5.01. The lowest BCUT2D eigenvalue weighted by Gasteiger charge is -2.32. The molecule has 0 bridgehead atoms. The highest BCUT2D eigenvalue weighted by Crippen LogP contribution is 2.32. The van der Waals surface area contributed by atoms with Crippen molar-refractivity contribution >= 4 is 33.4 Å². The van der Waals surface area contributed by atoms with Gasteiger partial charge in [0.25, 0.3) is 0 Å². The number of hydrogen-bond donors (Lipinski definition) is 0. The second kappa shape index (κ2) is 7.49. The van der Waals surface area contributed by atoms with Crippen LogP contribution >= 0.6 is 15.9 Å². The van der Waals surface area contributed by atoms with Crippen molar-refractivity contribution in [2.75, 3.05) is 24.6 Å². The van der Waals surface area contributed by atoms with E-state index in [1.165, 1.54) is 0 Å². The van der Waals surface area contributed by atoms with Crippen molar-refractivity contribution in [3.8, 4) is 0 Å². The Morgan fingerprint density at radius 3 is 2.81 bits per heavy atom. The molecule has 6 nitrogen and oxygen atoms in total. The Hall–Kier alpha value is -1.50. The summed E-state index contributed by atoms with van der Waals surface area (Å²) in [4.78, 5) is 28.8. The van der Waals surface area contributed by atoms with E-state index in [1.807, 2.05) is 11.8 Å². The van der Waals surface area contributed by atoms with Gasteiger partial charge in [0.05, 0.1) is 6.61 Å². The number of rotatable bonds is 5. The van der Waals surface area contributed by atoms with E-state index in [2.05, 4.69) is 26.1 Å². The Morgan fingerprint density at radius 1 is 1.48 bits per heavy atom. The molecule has 0 spiro atoms. The normalized spacial score (nSPS) is 15.8. The van der Waals surface area contributed by atoms with E-state index in [9.17, 15) is 9.70 Å². The number of carbonyl (C=O) groups is 1. The zero-order valence-corrected chi connectivity index (χ0v) is 13.5. The minimum atomic E-state index is -0.133. The number of anilines is 1. The first kappa shape index (κ1) is 15.9. The number of nitrogens with zero attached hydrogens (tertiary/aromatic N) is 3. The molecule has 1 aromatic heterocycles. The molecule has 0 unspecified atom stereocenters. The molecule has 1 fully saturated rings. The van der Waals surface area contributed by atoms with Crippen molar-refractivity contribution in [2.45, 2.75) is 26.2 Å². The number of carbonyl (C=O) groups excluding carboxylic acids is 1. The molecule has 0 radical (unpaired) electrons. The van der Waals surface area contributed by atoms with Gasteiger partial charge in [-0.3, -0.25) is 4.79 Å². The molecular weight excluding hydrogens is 338 g/mol. The fourth-order valence-electron chi connectivity index (χ4n) is 2.53. The Labute approximate surface area is 132 Å². The lowest BCUT2D eigenvalue weighted by molar-refractivity contribution is -0.144. The summed E-state index contributed by atoms with van der Waals surface area (Å²) in [6.45, 7) is 3.76. The Bertz CT molecular complexity index is 516. The maximum Gasteiger partial charge on any atom is 0.306 e. The van der Waals surface area contributed by atoms with Gasteiger partial charge in [-0.2, -0.15) is 0 Å². The van der Waals surface area contributed by atoms with Crippen LogP contribution in [0, 0.1) is 10.8 Å². The van der Waals surface area contributed by atoms with Gasteiger partial charge in [0.1, 0.15) is 4.60 Å². The Kier molecular flexibility index (Phi) is 5.67. The van der Waals surface area contributed by atoms with Crippen LogP contribution in [0.4, 0.5) is 11.5 Å². The molecule has 7 heteroatoms. The second-order valence-corrected chi connectivity index (χ2v) is 5.82. The molecular formula is C14H18BrN3O3. The number of nitroso groups, excluding NO2 is 1. The predicted octanol–water partition coefficient (Wildman–Crippen LogP) is 3.41. The zero-order valence-electron chi connectivity index (χ0n) is 11.9. The number of pyridine rings is 1. The van der Waals surface area contributed by atoms with Crippen molar-refractivity contribution < 1.29 is 9.53 Å². The number of ether oxygens (including phenoxy) is 1. The van der Waals surface area contributed by atoms with E-state index in [1.54, 1.807) is 12.1 Å². The number of halogens is 1. The molecule has 1 saturated heterocycles. The van der Waals surface area contributed by atoms with Crippen LogP contribution in [-0.2, 0) is 9.53 Å². The summed E-state index contributed by atoms with van der Waals surface area (Å²) in [5, 5.41) is 3.03. The van der Waals surface area contributed by atoms with Gasteiger partial charge in [-0.05, 0) is 58.9 Å². The number of esters is 1. The lowest BCUT2D eigenvalue weighted by Crippen LogP contribution is -2.35. The van der Waals surface area contributed by atoms with E-state index < -0.39 is 0 Å². The van der Waals surface area contributed by atoms with Crippen LogP contribution in [0.2, 0.25) is 0 Å². The standard InChI is InChI=1S/C14H18BrN3O3/c1-2-21-13(19)9-10-5-7-18(8-6-10)14-11(17-20)3-4-12(15)16-14/h3-4,10H,2,5-9H2,1H3. The third kappa shape index (κ3) is 4.23. The van der Waals surface area contributed by atoms with Crippen molar-refractivity contribution in [2.24, 2.45) is 11.1 Å². The quantitative estimate of drug-likeness (QED) is 0.459. The molecule has 0 aliphatic carbocycles. The summed E-state index contributed by atoms with van der Waals surface area (Å²) in [5.74, 6) is 0.806. The van der Waals surface area contributed by atoms with Crippen LogP contribution in [0.3, 0.4) is 0 Å². The minimum Gasteiger partial charge on any atom is -0.466 e. The van der Waals surface area contributed by atoms with E-state index in [0.29, 0.717) is 35.1 Å². The van der Waals surface area contributed by atoms with E-state index in [4.69, 9.17) is 4.74 Å². The fourth-order valence-corrected chi connectivity index (χ4v) is 2.83. The first-order chi connectivity index (χ1) is 10.1. The average molecular weight is 356 g/mol. The predicted molar refractivity (Wildman–Crippen MR) is 83.6 cm³/mol. The first-order valence-electron chi connectivity index (χ1n) is 7.04. The molecule has 0 atom stereocenters. The van der Waals surface area contributed by atoms with Crippen LogP contribution < -0.4 is 4.90 Å². The first-order valence-corrected chi connectivity index (χ1v) is 7.83. The van der Waals surface area contributed by atoms with Gasteiger partial charge < -0.3 is 9.64 Å². The third-order valence-corrected chi connectivity index (χ3v) is 4.04. The molecule has 1 aromatic rings. The molecule has 21 heavy (non-hydrogen) atoms. The van der Waals surface area contributed by atoms with Gasteiger partial charge in [-0.25, -0.2) is 4.98 Å². The highest BCUT2D eigenvalue weighted by atomic mass is 79.9. The highest BCUT2D eigenvalue weighted by molar-refractivity contribution is 9.10. The van der Waals surface area contributed by atoms with E-state index in [0.717, 1.165) is 25.9 Å². The average Bonchev–Trinajstić information content (AvgIpc) is 2.48. The van der Waals surface area contributed by atoms with Crippen LogP contribution in [0.25, 0.3) is 0 Å². The fraction of sp³-hybridized carbons (Fsp3) is 0.571. The molecule has 1 aliphatic rings. The topological polar surface area (TPSA) is 71.9 Å². The smallest absolute Gasteiger partial charge is 0.306 e. The molecule has 0 saturated carbocycles. The molecule has 0 aromatic carbocycles. The Morgan fingerprint density at radius 2 is 2.19 bits per heavy atom. The molecule has 1 aliphatic heterocycles. The van der Waals surface area contributed by atoms with Crippen molar-refractivity contribution in [3.05, 3.63) is 21.6 Å². The van der Waals surface area contributed by atoms with Crippen LogP contribution in [-0.4, -0.2) is 30.6 Å². The number of piperidine rings is 1. The van der Waals surface area contributed by atoms with Crippen LogP contribution in [0.1, 0.15) is 26.2 Å². The molecule has 0 N–H and O–H groups in total. The van der Waals surface area contributed by atoms with Gasteiger partial charge in [0.15, 0.2) is 11.5 Å². The Balaban J connectivity index is 1.96. The molecule has 0 amide bonds. The summed E-state index contributed by atoms with van der Waals surface area (Å²) in [6.07, 6.45) is 2.23. The summed E-state index contributed by atoms with van der Waals surface area (Å²) in [5.41, 5.74) is 0.349. The van der Waals surface area contributed by atoms with E-state index >= 15 is 0 Å². The summed E-state index contributed by atoms with van der Waals surface area (Å²) < 4.78 is 5.66. The van der Waals surface area contributed by atoms with Crippen LogP contribution in [0.15, 0.2) is 21.9 Å². The van der Waals surface area contributed by atoms with Gasteiger partial charge >= 0.3 is 5.97 Å². The molecule has 114 valence electrons. The summed E-state index contributed by atoms with van der Waals surface area (Å²) >= 11 is 3.31. The monoisotopic (exact) mass is 355 g/mol. The maximum absolute atomic E-state index is 11.5.